The average molecular weight is 678 g/mol. The van der Waals surface area contributed by atoms with Crippen LogP contribution in [0.15, 0.2) is 24.3 Å². The van der Waals surface area contributed by atoms with E-state index in [-0.39, 0.29) is 84.1 Å². The Morgan fingerprint density at radius 1 is 1.12 bits per heavy atom. The smallest absolute Gasteiger partial charge is 0.405 e. The summed E-state index contributed by atoms with van der Waals surface area (Å²) in [5.41, 5.74) is -1.24. The fraction of sp³-hybridized carbons (Fsp3) is 0.485. The van der Waals surface area contributed by atoms with Crippen molar-refractivity contribution in [2.24, 2.45) is 0 Å². The second-order valence-corrected chi connectivity index (χ2v) is 12.7. The first-order valence-corrected chi connectivity index (χ1v) is 15.9. The first-order valence-electron chi connectivity index (χ1n) is 15.9. The minimum atomic E-state index is -4.73. The molecular weight excluding hydrogens is 644 g/mol. The van der Waals surface area contributed by atoms with Gasteiger partial charge in [0.2, 0.25) is 5.88 Å². The van der Waals surface area contributed by atoms with Crippen molar-refractivity contribution in [2.75, 3.05) is 44.4 Å². The van der Waals surface area contributed by atoms with Gasteiger partial charge in [-0.15, -0.1) is 0 Å². The van der Waals surface area contributed by atoms with Crippen LogP contribution in [-0.4, -0.2) is 93.4 Å². The molecule has 0 spiro atoms. The summed E-state index contributed by atoms with van der Waals surface area (Å²) in [7, 11) is 0. The molecule has 256 valence electrons. The first kappa shape index (κ1) is 32.4. The van der Waals surface area contributed by atoms with Crippen molar-refractivity contribution < 1.29 is 46.0 Å². The fourth-order valence-electron chi connectivity index (χ4n) is 7.56. The van der Waals surface area contributed by atoms with Gasteiger partial charge in [0.15, 0.2) is 5.82 Å². The molecule has 3 atom stereocenters. The van der Waals surface area contributed by atoms with Crippen molar-refractivity contribution in [3.63, 3.8) is 0 Å². The van der Waals surface area contributed by atoms with E-state index in [1.165, 1.54) is 24.3 Å². The maximum absolute atomic E-state index is 16.9. The van der Waals surface area contributed by atoms with Crippen LogP contribution in [0, 0.1) is 11.6 Å². The molecule has 0 unspecified atom stereocenters. The summed E-state index contributed by atoms with van der Waals surface area (Å²) in [5.74, 6) is -2.52. The molecule has 4 aromatic rings. The van der Waals surface area contributed by atoms with E-state index in [9.17, 15) is 27.8 Å². The summed E-state index contributed by atoms with van der Waals surface area (Å²) in [6, 6.07) is 3.82. The molecule has 2 aromatic heterocycles. The summed E-state index contributed by atoms with van der Waals surface area (Å²) >= 11 is 0. The summed E-state index contributed by atoms with van der Waals surface area (Å²) in [4.78, 5) is 15.9. The highest BCUT2D eigenvalue weighted by atomic mass is 19.4. The molecule has 7 rings (SSSR count). The predicted molar refractivity (Wildman–Crippen MR) is 164 cm³/mol. The van der Waals surface area contributed by atoms with Crippen molar-refractivity contribution in [3.05, 3.63) is 41.5 Å². The van der Waals surface area contributed by atoms with Crippen LogP contribution in [0.2, 0.25) is 0 Å². The van der Waals surface area contributed by atoms with Crippen LogP contribution < -0.4 is 14.4 Å². The van der Waals surface area contributed by atoms with E-state index in [1.807, 2.05) is 4.90 Å². The number of anilines is 1. The van der Waals surface area contributed by atoms with Gasteiger partial charge in [0.25, 0.3) is 0 Å². The Kier molecular flexibility index (Phi) is 8.17. The van der Waals surface area contributed by atoms with Crippen LogP contribution in [0.5, 0.6) is 17.6 Å². The number of benzene rings is 2. The molecule has 2 saturated heterocycles. The Bertz CT molecular complexity index is 1890. The number of aliphatic hydroxyl groups excluding tert-OH is 1. The summed E-state index contributed by atoms with van der Waals surface area (Å²) < 4.78 is 100. The quantitative estimate of drug-likeness (QED) is 0.222. The van der Waals surface area contributed by atoms with E-state index in [4.69, 9.17) is 9.47 Å². The number of halogens is 6. The maximum atomic E-state index is 16.9. The molecule has 9 nitrogen and oxygen atoms in total. The molecule has 2 N–H and O–H groups in total. The lowest BCUT2D eigenvalue weighted by Gasteiger charge is -2.32. The third kappa shape index (κ3) is 5.59. The zero-order valence-corrected chi connectivity index (χ0v) is 26.0. The number of aryl methyl sites for hydroxylation is 1. The van der Waals surface area contributed by atoms with E-state index in [2.05, 4.69) is 15.0 Å². The van der Waals surface area contributed by atoms with E-state index in [1.54, 1.807) is 6.92 Å². The van der Waals surface area contributed by atoms with Gasteiger partial charge in [-0.05, 0) is 66.8 Å². The van der Waals surface area contributed by atoms with Gasteiger partial charge in [0.05, 0.1) is 11.6 Å². The van der Waals surface area contributed by atoms with Gasteiger partial charge in [-0.1, -0.05) is 13.0 Å². The monoisotopic (exact) mass is 677 g/mol. The van der Waals surface area contributed by atoms with Gasteiger partial charge < -0.3 is 24.6 Å². The van der Waals surface area contributed by atoms with E-state index >= 15 is 8.78 Å². The second kappa shape index (κ2) is 12.1. The molecule has 48 heavy (non-hydrogen) atoms. The largest absolute Gasteiger partial charge is 0.508 e. The fourth-order valence-corrected chi connectivity index (χ4v) is 7.56. The molecule has 3 aliphatic heterocycles. The molecule has 2 aromatic carbocycles. The standard InChI is InChI=1S/C33H33F6N5O4/c1-2-21-23(35)5-4-17-10-20(46)11-22(24(17)21)27-26(36)28-25-29(44(15-33(37,38)39)19(6-9-45)14-47-30(25)40-27)42-31(41-28)48-16-32-7-3-8-43(32)13-18(34)12-32/h4-5,10-11,18-19,45-46H,2-3,6-9,12-16H2,1H3/t18-,19+,32+/m1/s1. The van der Waals surface area contributed by atoms with Crippen LogP contribution in [-0.2, 0) is 6.42 Å². The van der Waals surface area contributed by atoms with Gasteiger partial charge >= 0.3 is 12.2 Å². The lowest BCUT2D eigenvalue weighted by Crippen LogP contribution is -2.45. The predicted octanol–water partition coefficient (Wildman–Crippen LogP) is 5.86. The number of phenols is 1. The molecule has 0 bridgehead atoms. The van der Waals surface area contributed by atoms with Gasteiger partial charge in [-0.25, -0.2) is 18.2 Å². The van der Waals surface area contributed by atoms with Crippen LogP contribution >= 0.6 is 0 Å². The molecule has 5 heterocycles. The van der Waals surface area contributed by atoms with Crippen LogP contribution in [0.4, 0.5) is 32.2 Å². The third-order valence-electron chi connectivity index (χ3n) is 9.64. The number of nitrogens with zero attached hydrogens (tertiary/aromatic N) is 5. The molecule has 2 fully saturated rings. The van der Waals surface area contributed by atoms with Crippen molar-refractivity contribution >= 4 is 27.5 Å². The summed E-state index contributed by atoms with van der Waals surface area (Å²) in [6.07, 6.45) is -4.08. The number of aliphatic hydroxyl groups is 1. The Labute approximate surface area is 271 Å². The molecule has 0 saturated carbocycles. The average Bonchev–Trinajstić information content (AvgIpc) is 3.52. The molecule has 3 aliphatic rings. The molecule has 0 radical (unpaired) electrons. The lowest BCUT2D eigenvalue weighted by atomic mass is 9.94. The van der Waals surface area contributed by atoms with E-state index in [0.717, 1.165) is 11.3 Å². The van der Waals surface area contributed by atoms with Crippen molar-refractivity contribution in [1.82, 2.24) is 19.9 Å². The molecule has 15 heteroatoms. The van der Waals surface area contributed by atoms with Gasteiger partial charge in [-0.3, -0.25) is 4.90 Å². The van der Waals surface area contributed by atoms with Gasteiger partial charge in [0, 0.05) is 25.1 Å². The van der Waals surface area contributed by atoms with E-state index < -0.39 is 60.2 Å². The number of fused-ring (bicyclic) bond motifs is 2. The number of hydrogen-bond acceptors (Lipinski definition) is 9. The number of alkyl halides is 4. The number of aromatic nitrogens is 3. The zero-order valence-electron chi connectivity index (χ0n) is 26.0. The van der Waals surface area contributed by atoms with Crippen LogP contribution in [0.3, 0.4) is 0 Å². The first-order chi connectivity index (χ1) is 22.9. The van der Waals surface area contributed by atoms with Crippen molar-refractivity contribution in [2.45, 2.75) is 63.0 Å². The van der Waals surface area contributed by atoms with Gasteiger partial charge in [-0.2, -0.15) is 23.1 Å². The second-order valence-electron chi connectivity index (χ2n) is 12.7. The van der Waals surface area contributed by atoms with Crippen molar-refractivity contribution in [1.29, 1.82) is 0 Å². The summed E-state index contributed by atoms with van der Waals surface area (Å²) in [6.45, 7) is 0.185. The molecule has 0 aliphatic carbocycles. The number of rotatable bonds is 8. The van der Waals surface area contributed by atoms with Crippen molar-refractivity contribution in [3.8, 4) is 28.9 Å². The maximum Gasteiger partial charge on any atom is 0.405 e. The zero-order chi connectivity index (χ0) is 34.0. The van der Waals surface area contributed by atoms with Crippen LogP contribution in [0.25, 0.3) is 32.9 Å². The van der Waals surface area contributed by atoms with Crippen LogP contribution in [0.1, 0.15) is 38.2 Å². The lowest BCUT2D eigenvalue weighted by molar-refractivity contribution is -0.121. The van der Waals surface area contributed by atoms with Gasteiger partial charge in [0.1, 0.15) is 59.9 Å². The minimum absolute atomic E-state index is 0.0203. The Balaban J connectivity index is 1.46. The highest BCUT2D eigenvalue weighted by Gasteiger charge is 2.49. The summed E-state index contributed by atoms with van der Waals surface area (Å²) in [5, 5.41) is 20.8. The SMILES string of the molecule is CCc1c(F)ccc2cc(O)cc(-c3nc4c5c(nc(OC[C@@]67CCCN6C[C@H](F)C7)nc5c3F)N(CC(F)(F)F)[C@@H](CCO)CO4)c12. The molecular formula is C33H33F6N5O4. The number of ether oxygens (including phenoxy) is 2. The normalized spacial score (nSPS) is 22.7. The third-order valence-corrected chi connectivity index (χ3v) is 9.64. The molecule has 0 amide bonds. The number of hydrogen-bond donors (Lipinski definition) is 2. The highest BCUT2D eigenvalue weighted by molar-refractivity contribution is 6.03. The van der Waals surface area contributed by atoms with E-state index in [0.29, 0.717) is 18.4 Å². The minimum Gasteiger partial charge on any atom is -0.508 e. The Hall–Kier alpha value is -4.11. The Morgan fingerprint density at radius 3 is 2.69 bits per heavy atom. The number of pyridine rings is 1. The topological polar surface area (TPSA) is 104 Å². The number of aromatic hydroxyl groups is 1. The highest BCUT2D eigenvalue weighted by Crippen LogP contribution is 2.45. The Morgan fingerprint density at radius 2 is 1.94 bits per heavy atom. The number of phenolic OH excluding ortho intramolecular Hbond substituents is 1.